The van der Waals surface area contributed by atoms with Gasteiger partial charge in [0.25, 0.3) is 0 Å². The topological polar surface area (TPSA) is 59.0 Å². The molecule has 1 aliphatic heterocycles. The number of nitrogens with one attached hydrogen (secondary N) is 2. The van der Waals surface area contributed by atoms with Gasteiger partial charge in [0.15, 0.2) is 0 Å². The SMILES string of the molecule is CC1CNCC1C(=O)Nc1cccc(-n2cccn2)c1. The van der Waals surface area contributed by atoms with Crippen molar-refractivity contribution in [1.29, 1.82) is 0 Å². The van der Waals surface area contributed by atoms with Gasteiger partial charge in [-0.3, -0.25) is 4.79 Å². The van der Waals surface area contributed by atoms with Crippen molar-refractivity contribution in [3.8, 4) is 5.69 Å². The molecule has 0 radical (unpaired) electrons. The van der Waals surface area contributed by atoms with Crippen molar-refractivity contribution in [2.24, 2.45) is 11.8 Å². The first-order valence-corrected chi connectivity index (χ1v) is 6.86. The molecule has 2 N–H and O–H groups in total. The van der Waals surface area contributed by atoms with Crippen molar-refractivity contribution in [3.63, 3.8) is 0 Å². The third kappa shape index (κ3) is 2.58. The lowest BCUT2D eigenvalue weighted by Gasteiger charge is -2.14. The number of aromatic nitrogens is 2. The molecule has 2 heterocycles. The first-order valence-electron chi connectivity index (χ1n) is 6.86. The zero-order chi connectivity index (χ0) is 13.9. The van der Waals surface area contributed by atoms with Gasteiger partial charge in [-0.05, 0) is 36.7 Å². The fourth-order valence-corrected chi connectivity index (χ4v) is 2.54. The van der Waals surface area contributed by atoms with Gasteiger partial charge < -0.3 is 10.6 Å². The highest BCUT2D eigenvalue weighted by Gasteiger charge is 2.29. The highest BCUT2D eigenvalue weighted by Crippen LogP contribution is 2.19. The van der Waals surface area contributed by atoms with E-state index in [0.717, 1.165) is 24.5 Å². The molecule has 0 aliphatic carbocycles. The molecule has 1 aliphatic rings. The summed E-state index contributed by atoms with van der Waals surface area (Å²) in [6.45, 7) is 3.77. The third-order valence-corrected chi connectivity index (χ3v) is 3.74. The van der Waals surface area contributed by atoms with Crippen LogP contribution < -0.4 is 10.6 Å². The molecule has 1 aromatic heterocycles. The summed E-state index contributed by atoms with van der Waals surface area (Å²) in [7, 11) is 0. The minimum atomic E-state index is 0.0448. The first-order chi connectivity index (χ1) is 9.74. The molecule has 1 saturated heterocycles. The molecule has 5 nitrogen and oxygen atoms in total. The van der Waals surface area contributed by atoms with Gasteiger partial charge in [-0.1, -0.05) is 13.0 Å². The van der Waals surface area contributed by atoms with Crippen molar-refractivity contribution in [1.82, 2.24) is 15.1 Å². The Kier molecular flexibility index (Phi) is 3.52. The summed E-state index contributed by atoms with van der Waals surface area (Å²) in [5.74, 6) is 0.507. The molecule has 0 saturated carbocycles. The van der Waals surface area contributed by atoms with E-state index < -0.39 is 0 Å². The van der Waals surface area contributed by atoms with Crippen LogP contribution in [-0.4, -0.2) is 28.8 Å². The number of anilines is 1. The van der Waals surface area contributed by atoms with Gasteiger partial charge in [0.05, 0.1) is 11.6 Å². The molecule has 20 heavy (non-hydrogen) atoms. The highest BCUT2D eigenvalue weighted by molar-refractivity contribution is 5.93. The van der Waals surface area contributed by atoms with E-state index in [4.69, 9.17) is 0 Å². The second-order valence-corrected chi connectivity index (χ2v) is 5.23. The maximum absolute atomic E-state index is 12.2. The Labute approximate surface area is 118 Å². The van der Waals surface area contributed by atoms with Crippen LogP contribution in [0.25, 0.3) is 5.69 Å². The molecule has 104 valence electrons. The van der Waals surface area contributed by atoms with Gasteiger partial charge in [0, 0.05) is 24.6 Å². The van der Waals surface area contributed by atoms with E-state index in [0.29, 0.717) is 5.92 Å². The van der Waals surface area contributed by atoms with Crippen LogP contribution in [-0.2, 0) is 4.79 Å². The average Bonchev–Trinajstić information content (AvgIpc) is 3.09. The Bertz CT molecular complexity index is 594. The molecule has 0 spiro atoms. The van der Waals surface area contributed by atoms with E-state index in [1.165, 1.54) is 0 Å². The molecule has 0 bridgehead atoms. The smallest absolute Gasteiger partial charge is 0.229 e. The summed E-state index contributed by atoms with van der Waals surface area (Å²) in [6, 6.07) is 9.58. The van der Waals surface area contributed by atoms with Crippen LogP contribution in [0.1, 0.15) is 6.92 Å². The number of carbonyl (C=O) groups is 1. The van der Waals surface area contributed by atoms with Crippen LogP contribution in [0.3, 0.4) is 0 Å². The minimum Gasteiger partial charge on any atom is -0.326 e. The maximum atomic E-state index is 12.2. The number of hydrogen-bond donors (Lipinski definition) is 2. The van der Waals surface area contributed by atoms with E-state index in [1.54, 1.807) is 10.9 Å². The van der Waals surface area contributed by atoms with Crippen molar-refractivity contribution in [2.75, 3.05) is 18.4 Å². The summed E-state index contributed by atoms with van der Waals surface area (Å²) in [5, 5.41) is 10.4. The second-order valence-electron chi connectivity index (χ2n) is 5.23. The van der Waals surface area contributed by atoms with Crippen molar-refractivity contribution in [3.05, 3.63) is 42.7 Å². The maximum Gasteiger partial charge on any atom is 0.229 e. The molecule has 2 unspecified atom stereocenters. The van der Waals surface area contributed by atoms with Gasteiger partial charge >= 0.3 is 0 Å². The lowest BCUT2D eigenvalue weighted by Crippen LogP contribution is -2.27. The summed E-state index contributed by atoms with van der Waals surface area (Å²) >= 11 is 0. The highest BCUT2D eigenvalue weighted by atomic mass is 16.1. The molecule has 3 rings (SSSR count). The average molecular weight is 270 g/mol. The number of rotatable bonds is 3. The number of benzene rings is 1. The number of nitrogens with zero attached hydrogens (tertiary/aromatic N) is 2. The van der Waals surface area contributed by atoms with Crippen LogP contribution in [0.2, 0.25) is 0 Å². The van der Waals surface area contributed by atoms with Gasteiger partial charge in [-0.25, -0.2) is 4.68 Å². The van der Waals surface area contributed by atoms with E-state index in [9.17, 15) is 4.79 Å². The lowest BCUT2D eigenvalue weighted by molar-refractivity contribution is -0.120. The fraction of sp³-hybridized carbons (Fsp3) is 0.333. The molecule has 2 aromatic rings. The second kappa shape index (κ2) is 5.46. The van der Waals surface area contributed by atoms with E-state index >= 15 is 0 Å². The summed E-state index contributed by atoms with van der Waals surface area (Å²) in [6.07, 6.45) is 3.61. The normalized spacial score (nSPS) is 21.9. The molecule has 1 fully saturated rings. The monoisotopic (exact) mass is 270 g/mol. The number of amides is 1. The van der Waals surface area contributed by atoms with Gasteiger partial charge in [-0.15, -0.1) is 0 Å². The zero-order valence-corrected chi connectivity index (χ0v) is 11.4. The minimum absolute atomic E-state index is 0.0448. The number of hydrogen-bond acceptors (Lipinski definition) is 3. The van der Waals surface area contributed by atoms with Crippen LogP contribution in [0.5, 0.6) is 0 Å². The predicted octanol–water partition coefficient (Wildman–Crippen LogP) is 1.67. The van der Waals surface area contributed by atoms with Gasteiger partial charge in [0.2, 0.25) is 5.91 Å². The third-order valence-electron chi connectivity index (χ3n) is 3.74. The van der Waals surface area contributed by atoms with Crippen LogP contribution in [0, 0.1) is 11.8 Å². The Morgan fingerprint density at radius 2 is 2.30 bits per heavy atom. The van der Waals surface area contributed by atoms with Gasteiger partial charge in [0.1, 0.15) is 0 Å². The fourth-order valence-electron chi connectivity index (χ4n) is 2.54. The van der Waals surface area contributed by atoms with Crippen LogP contribution in [0.4, 0.5) is 5.69 Å². The zero-order valence-electron chi connectivity index (χ0n) is 11.4. The van der Waals surface area contributed by atoms with Crippen molar-refractivity contribution >= 4 is 11.6 Å². The quantitative estimate of drug-likeness (QED) is 0.892. The Morgan fingerprint density at radius 3 is 3.00 bits per heavy atom. The van der Waals surface area contributed by atoms with Crippen molar-refractivity contribution < 1.29 is 4.79 Å². The summed E-state index contributed by atoms with van der Waals surface area (Å²) in [5.41, 5.74) is 1.74. The van der Waals surface area contributed by atoms with E-state index in [1.807, 2.05) is 36.5 Å². The predicted molar refractivity (Wildman–Crippen MR) is 77.7 cm³/mol. The summed E-state index contributed by atoms with van der Waals surface area (Å²) < 4.78 is 1.77. The molecule has 1 aromatic carbocycles. The van der Waals surface area contributed by atoms with Crippen LogP contribution >= 0.6 is 0 Å². The standard InChI is InChI=1S/C15H18N4O/c1-11-9-16-10-14(11)15(20)18-12-4-2-5-13(8-12)19-7-3-6-17-19/h2-8,11,14,16H,9-10H2,1H3,(H,18,20). The molecule has 2 atom stereocenters. The molecule has 5 heteroatoms. The molecular weight excluding hydrogens is 252 g/mol. The van der Waals surface area contributed by atoms with E-state index in [2.05, 4.69) is 22.7 Å². The number of carbonyl (C=O) groups excluding carboxylic acids is 1. The van der Waals surface area contributed by atoms with Gasteiger partial charge in [-0.2, -0.15) is 5.10 Å². The van der Waals surface area contributed by atoms with Crippen LogP contribution in [0.15, 0.2) is 42.7 Å². The summed E-state index contributed by atoms with van der Waals surface area (Å²) in [4.78, 5) is 12.2. The Morgan fingerprint density at radius 1 is 1.40 bits per heavy atom. The van der Waals surface area contributed by atoms with E-state index in [-0.39, 0.29) is 11.8 Å². The van der Waals surface area contributed by atoms with Crippen molar-refractivity contribution in [2.45, 2.75) is 6.92 Å². The Hall–Kier alpha value is -2.14. The largest absolute Gasteiger partial charge is 0.326 e. The molecular formula is C15H18N4O. The lowest BCUT2D eigenvalue weighted by atomic mass is 9.97. The molecule has 1 amide bonds. The Balaban J connectivity index is 1.74. The first kappa shape index (κ1) is 12.9.